The van der Waals surface area contributed by atoms with Crippen LogP contribution in [0.25, 0.3) is 0 Å². The molecule has 1 amide bonds. The lowest BCUT2D eigenvalue weighted by Gasteiger charge is -2.08. The third kappa shape index (κ3) is 6.73. The molecule has 0 saturated carbocycles. The van der Waals surface area contributed by atoms with Gasteiger partial charge in [-0.1, -0.05) is 48.5 Å². The number of nitrogens with one attached hydrogen (secondary N) is 2. The van der Waals surface area contributed by atoms with Crippen LogP contribution in [0, 0.1) is 10.1 Å². The van der Waals surface area contributed by atoms with Crippen molar-refractivity contribution in [2.45, 2.75) is 24.2 Å². The normalized spacial score (nSPS) is 11.1. The average molecular weight is 454 g/mol. The van der Waals surface area contributed by atoms with Gasteiger partial charge in [-0.15, -0.1) is 0 Å². The summed E-state index contributed by atoms with van der Waals surface area (Å²) < 4.78 is 27.5. The van der Waals surface area contributed by atoms with Crippen LogP contribution in [-0.2, 0) is 27.7 Å². The first kappa shape index (κ1) is 23.1. The summed E-state index contributed by atoms with van der Waals surface area (Å²) in [5.74, 6) is -0.287. The van der Waals surface area contributed by atoms with E-state index >= 15 is 0 Å². The minimum absolute atomic E-state index is 0.100. The van der Waals surface area contributed by atoms with E-state index in [4.69, 9.17) is 0 Å². The van der Waals surface area contributed by atoms with Gasteiger partial charge in [0, 0.05) is 30.8 Å². The van der Waals surface area contributed by atoms with Gasteiger partial charge in [0.05, 0.1) is 9.82 Å². The van der Waals surface area contributed by atoms with Crippen LogP contribution in [0.1, 0.15) is 17.5 Å². The first-order valence-electron chi connectivity index (χ1n) is 10.0. The maximum absolute atomic E-state index is 12.5. The highest BCUT2D eigenvalue weighted by atomic mass is 32.2. The predicted molar refractivity (Wildman–Crippen MR) is 122 cm³/mol. The smallest absolute Gasteiger partial charge is 0.271 e. The molecule has 0 atom stereocenters. The van der Waals surface area contributed by atoms with Crippen LogP contribution in [0.4, 0.5) is 11.4 Å². The lowest BCUT2D eigenvalue weighted by molar-refractivity contribution is -0.384. The van der Waals surface area contributed by atoms with Crippen molar-refractivity contribution in [1.29, 1.82) is 0 Å². The molecule has 0 bridgehead atoms. The molecule has 0 aliphatic carbocycles. The molecule has 0 aromatic heterocycles. The maximum Gasteiger partial charge on any atom is 0.271 e. The van der Waals surface area contributed by atoms with Crippen LogP contribution in [0.15, 0.2) is 83.8 Å². The van der Waals surface area contributed by atoms with E-state index in [1.807, 2.05) is 30.3 Å². The summed E-state index contributed by atoms with van der Waals surface area (Å²) in [6, 6.07) is 21.7. The van der Waals surface area contributed by atoms with Crippen LogP contribution < -0.4 is 10.0 Å². The molecule has 0 heterocycles. The van der Waals surface area contributed by atoms with Gasteiger partial charge >= 0.3 is 0 Å². The first-order valence-corrected chi connectivity index (χ1v) is 11.5. The van der Waals surface area contributed by atoms with Gasteiger partial charge in [-0.05, 0) is 42.2 Å². The number of nitro benzene ring substituents is 1. The van der Waals surface area contributed by atoms with E-state index in [0.29, 0.717) is 25.1 Å². The van der Waals surface area contributed by atoms with Gasteiger partial charge in [0.25, 0.3) is 5.69 Å². The van der Waals surface area contributed by atoms with Gasteiger partial charge in [0.2, 0.25) is 15.9 Å². The highest BCUT2D eigenvalue weighted by Crippen LogP contribution is 2.18. The van der Waals surface area contributed by atoms with E-state index in [1.54, 1.807) is 18.2 Å². The number of non-ortho nitro benzene ring substituents is 1. The minimum atomic E-state index is -3.61. The molecule has 9 heteroatoms. The topological polar surface area (TPSA) is 118 Å². The Balaban J connectivity index is 1.50. The number of amides is 1. The van der Waals surface area contributed by atoms with Gasteiger partial charge in [-0.25, -0.2) is 13.1 Å². The van der Waals surface area contributed by atoms with Crippen molar-refractivity contribution in [2.24, 2.45) is 0 Å². The lowest BCUT2D eigenvalue weighted by atomic mass is 10.1. The number of carbonyl (C=O) groups is 1. The number of nitro groups is 1. The number of benzene rings is 3. The first-order chi connectivity index (χ1) is 15.3. The molecule has 3 rings (SSSR count). The van der Waals surface area contributed by atoms with Crippen molar-refractivity contribution < 1.29 is 18.1 Å². The number of aryl methyl sites for hydroxylation is 1. The highest BCUT2D eigenvalue weighted by Gasteiger charge is 2.14. The van der Waals surface area contributed by atoms with Gasteiger partial charge in [-0.3, -0.25) is 14.9 Å². The quantitative estimate of drug-likeness (QED) is 0.359. The van der Waals surface area contributed by atoms with E-state index in [2.05, 4.69) is 10.0 Å². The fourth-order valence-corrected chi connectivity index (χ4v) is 4.10. The number of hydrogen-bond donors (Lipinski definition) is 2. The molecule has 0 spiro atoms. The van der Waals surface area contributed by atoms with Gasteiger partial charge in [0.1, 0.15) is 0 Å². The Morgan fingerprint density at radius 1 is 0.875 bits per heavy atom. The molecule has 2 N–H and O–H groups in total. The second-order valence-corrected chi connectivity index (χ2v) is 8.90. The van der Waals surface area contributed by atoms with Crippen molar-refractivity contribution in [3.8, 4) is 0 Å². The number of nitrogens with zero attached hydrogens (tertiary/aromatic N) is 1. The summed E-state index contributed by atoms with van der Waals surface area (Å²) in [5.41, 5.74) is 2.11. The molecular weight excluding hydrogens is 430 g/mol. The van der Waals surface area contributed by atoms with Gasteiger partial charge in [0.15, 0.2) is 0 Å². The number of anilines is 1. The summed E-state index contributed by atoms with van der Waals surface area (Å²) in [6.07, 6.45) is 1.16. The van der Waals surface area contributed by atoms with Crippen LogP contribution in [-0.4, -0.2) is 25.8 Å². The molecule has 0 aliphatic rings. The van der Waals surface area contributed by atoms with E-state index in [1.165, 1.54) is 30.3 Å². The summed E-state index contributed by atoms with van der Waals surface area (Å²) in [7, 11) is -3.61. The Hall–Kier alpha value is -3.56. The van der Waals surface area contributed by atoms with E-state index in [9.17, 15) is 23.3 Å². The lowest BCUT2D eigenvalue weighted by Crippen LogP contribution is -2.26. The van der Waals surface area contributed by atoms with E-state index < -0.39 is 14.9 Å². The highest BCUT2D eigenvalue weighted by molar-refractivity contribution is 7.89. The largest absolute Gasteiger partial charge is 0.326 e. The van der Waals surface area contributed by atoms with Crippen LogP contribution in [0.5, 0.6) is 0 Å². The molecule has 8 nitrogen and oxygen atoms in total. The van der Waals surface area contributed by atoms with Crippen LogP contribution in [0.3, 0.4) is 0 Å². The molecule has 0 saturated heterocycles. The Morgan fingerprint density at radius 3 is 2.25 bits per heavy atom. The minimum Gasteiger partial charge on any atom is -0.326 e. The third-order valence-electron chi connectivity index (χ3n) is 4.76. The zero-order valence-electron chi connectivity index (χ0n) is 17.2. The van der Waals surface area contributed by atoms with E-state index in [-0.39, 0.29) is 22.9 Å². The standard InChI is InChI=1S/C23H23N3O5S/c27-23(25-20-7-4-8-21(17-20)26(28)29)14-11-19-9-12-22(13-10-19)32(30,31)24-16-15-18-5-2-1-3-6-18/h1-10,12-13,17,24H,11,14-16H2,(H,25,27). The molecule has 32 heavy (non-hydrogen) atoms. The summed E-state index contributed by atoms with van der Waals surface area (Å²) >= 11 is 0. The van der Waals surface area contributed by atoms with Crippen molar-refractivity contribution in [2.75, 3.05) is 11.9 Å². The number of hydrogen-bond acceptors (Lipinski definition) is 5. The second kappa shape index (κ2) is 10.7. The maximum atomic E-state index is 12.5. The molecule has 166 valence electrons. The summed E-state index contributed by atoms with van der Waals surface area (Å²) in [5, 5.41) is 13.4. The monoisotopic (exact) mass is 453 g/mol. The number of sulfonamides is 1. The summed E-state index contributed by atoms with van der Waals surface area (Å²) in [4.78, 5) is 22.6. The Bertz CT molecular complexity index is 1180. The second-order valence-electron chi connectivity index (χ2n) is 7.13. The Morgan fingerprint density at radius 2 is 1.56 bits per heavy atom. The van der Waals surface area contributed by atoms with Gasteiger partial charge < -0.3 is 5.32 Å². The fraction of sp³-hybridized carbons (Fsp3) is 0.174. The zero-order valence-corrected chi connectivity index (χ0v) is 18.0. The van der Waals surface area contributed by atoms with Crippen molar-refractivity contribution in [3.63, 3.8) is 0 Å². The zero-order chi connectivity index (χ0) is 23.0. The van der Waals surface area contributed by atoms with Crippen molar-refractivity contribution >= 4 is 27.3 Å². The average Bonchev–Trinajstić information content (AvgIpc) is 2.79. The number of carbonyl (C=O) groups excluding carboxylic acids is 1. The van der Waals surface area contributed by atoms with Crippen LogP contribution in [0.2, 0.25) is 0 Å². The molecule has 3 aromatic carbocycles. The molecule has 0 aliphatic heterocycles. The van der Waals surface area contributed by atoms with Crippen LogP contribution >= 0.6 is 0 Å². The number of rotatable bonds is 10. The third-order valence-corrected chi connectivity index (χ3v) is 6.24. The van der Waals surface area contributed by atoms with Crippen molar-refractivity contribution in [3.05, 3.63) is 100 Å². The molecule has 0 fully saturated rings. The van der Waals surface area contributed by atoms with Crippen molar-refractivity contribution in [1.82, 2.24) is 4.72 Å². The molecule has 3 aromatic rings. The molecular formula is C23H23N3O5S. The van der Waals surface area contributed by atoms with Gasteiger partial charge in [-0.2, -0.15) is 0 Å². The van der Waals surface area contributed by atoms with E-state index in [0.717, 1.165) is 11.1 Å². The Labute approximate surface area is 186 Å². The Kier molecular flexibility index (Phi) is 7.69. The molecule has 0 radical (unpaired) electrons. The molecule has 0 unspecified atom stereocenters. The SMILES string of the molecule is O=C(CCc1ccc(S(=O)(=O)NCCc2ccccc2)cc1)Nc1cccc([N+](=O)[O-])c1. The fourth-order valence-electron chi connectivity index (χ4n) is 3.07. The predicted octanol–water partition coefficient (Wildman–Crippen LogP) is 3.69. The summed E-state index contributed by atoms with van der Waals surface area (Å²) in [6.45, 7) is 0.298.